The van der Waals surface area contributed by atoms with Crippen molar-refractivity contribution in [2.45, 2.75) is 6.42 Å². The van der Waals surface area contributed by atoms with Crippen molar-refractivity contribution in [3.8, 4) is 0 Å². The number of rotatable bonds is 4. The highest BCUT2D eigenvalue weighted by Gasteiger charge is 1.97. The maximum atomic E-state index is 5.52. The lowest BCUT2D eigenvalue weighted by Crippen LogP contribution is -2.09. The van der Waals surface area contributed by atoms with Gasteiger partial charge in [-0.15, -0.1) is 0 Å². The van der Waals surface area contributed by atoms with Crippen LogP contribution in [-0.2, 0) is 6.42 Å². The molecule has 0 aliphatic heterocycles. The molecule has 0 amide bonds. The van der Waals surface area contributed by atoms with Gasteiger partial charge in [0.15, 0.2) is 0 Å². The van der Waals surface area contributed by atoms with E-state index >= 15 is 0 Å². The largest absolute Gasteiger partial charge is 0.384 e. The molecule has 0 aliphatic carbocycles. The summed E-state index contributed by atoms with van der Waals surface area (Å²) >= 11 is 0. The summed E-state index contributed by atoms with van der Waals surface area (Å²) in [6.45, 7) is 0.719. The van der Waals surface area contributed by atoms with E-state index in [1.807, 2.05) is 0 Å². The van der Waals surface area contributed by atoms with Crippen LogP contribution in [0.4, 0.5) is 11.8 Å². The van der Waals surface area contributed by atoms with Crippen molar-refractivity contribution in [2.75, 3.05) is 17.6 Å². The maximum Gasteiger partial charge on any atom is 0.224 e. The maximum absolute atomic E-state index is 5.52. The minimum absolute atomic E-state index is 0.463. The summed E-state index contributed by atoms with van der Waals surface area (Å²) in [6, 6.07) is 1.65. The molecule has 2 heterocycles. The van der Waals surface area contributed by atoms with Crippen molar-refractivity contribution in [1.29, 1.82) is 0 Å². The quantitative estimate of drug-likeness (QED) is 0.671. The van der Waals surface area contributed by atoms with Gasteiger partial charge < -0.3 is 16.0 Å². The van der Waals surface area contributed by atoms with Crippen molar-refractivity contribution in [2.24, 2.45) is 0 Å². The monoisotopic (exact) mass is 204 g/mol. The Bertz CT molecular complexity index is 410. The fourth-order valence-corrected chi connectivity index (χ4v) is 1.19. The van der Waals surface area contributed by atoms with Crippen molar-refractivity contribution in [3.63, 3.8) is 0 Å². The molecule has 0 bridgehead atoms. The average Bonchev–Trinajstić information content (AvgIpc) is 2.71. The third-order valence-electron chi connectivity index (χ3n) is 1.88. The van der Waals surface area contributed by atoms with Gasteiger partial charge in [0.2, 0.25) is 5.95 Å². The Morgan fingerprint density at radius 2 is 2.27 bits per heavy atom. The number of anilines is 2. The standard InChI is InChI=1S/C9H12N6/c10-7-1-3-13-9(15-7)14-4-2-8-11-5-6-12-8/h1,3,5-6H,2,4H2,(H,11,12)(H3,10,13,14,15). The molecule has 2 aromatic heterocycles. The van der Waals surface area contributed by atoms with E-state index in [1.165, 1.54) is 0 Å². The number of nitrogens with one attached hydrogen (secondary N) is 2. The van der Waals surface area contributed by atoms with E-state index in [0.717, 1.165) is 18.8 Å². The molecule has 2 aromatic rings. The second-order valence-electron chi connectivity index (χ2n) is 3.02. The molecule has 78 valence electrons. The first-order valence-electron chi connectivity index (χ1n) is 4.65. The predicted molar refractivity (Wildman–Crippen MR) is 57.2 cm³/mol. The van der Waals surface area contributed by atoms with E-state index < -0.39 is 0 Å². The molecule has 15 heavy (non-hydrogen) atoms. The van der Waals surface area contributed by atoms with Crippen LogP contribution in [0.2, 0.25) is 0 Å². The van der Waals surface area contributed by atoms with E-state index in [-0.39, 0.29) is 0 Å². The molecule has 4 N–H and O–H groups in total. The van der Waals surface area contributed by atoms with Gasteiger partial charge in [0.05, 0.1) is 0 Å². The second kappa shape index (κ2) is 4.41. The predicted octanol–water partition coefficient (Wildman–Crippen LogP) is 0.436. The summed E-state index contributed by atoms with van der Waals surface area (Å²) in [4.78, 5) is 15.2. The molecular weight excluding hydrogens is 192 g/mol. The highest BCUT2D eigenvalue weighted by Crippen LogP contribution is 2.01. The molecule has 0 unspecified atom stereocenters. The molecule has 0 fully saturated rings. The zero-order valence-corrected chi connectivity index (χ0v) is 8.14. The number of nitrogens with zero attached hydrogens (tertiary/aromatic N) is 3. The Hall–Kier alpha value is -2.11. The van der Waals surface area contributed by atoms with Crippen LogP contribution >= 0.6 is 0 Å². The number of nitrogen functional groups attached to an aromatic ring is 1. The van der Waals surface area contributed by atoms with Gasteiger partial charge in [-0.2, -0.15) is 4.98 Å². The summed E-state index contributed by atoms with van der Waals surface area (Å²) in [5, 5.41) is 3.06. The van der Waals surface area contributed by atoms with E-state index in [1.54, 1.807) is 24.7 Å². The molecule has 0 spiro atoms. The first-order valence-corrected chi connectivity index (χ1v) is 4.65. The van der Waals surface area contributed by atoms with Crippen molar-refractivity contribution < 1.29 is 0 Å². The van der Waals surface area contributed by atoms with Gasteiger partial charge in [0.25, 0.3) is 0 Å². The van der Waals surface area contributed by atoms with E-state index in [9.17, 15) is 0 Å². The number of aromatic nitrogens is 4. The second-order valence-corrected chi connectivity index (χ2v) is 3.02. The van der Waals surface area contributed by atoms with Crippen LogP contribution in [0, 0.1) is 0 Å². The topological polar surface area (TPSA) is 92.5 Å². The normalized spacial score (nSPS) is 10.1. The fourth-order valence-electron chi connectivity index (χ4n) is 1.19. The van der Waals surface area contributed by atoms with Gasteiger partial charge in [0, 0.05) is 31.6 Å². The van der Waals surface area contributed by atoms with Crippen LogP contribution in [0.1, 0.15) is 5.82 Å². The lowest BCUT2D eigenvalue weighted by atomic mass is 10.4. The number of aromatic amines is 1. The lowest BCUT2D eigenvalue weighted by molar-refractivity contribution is 0.913. The van der Waals surface area contributed by atoms with Crippen LogP contribution in [0.15, 0.2) is 24.7 Å². The molecule has 6 heteroatoms. The highest BCUT2D eigenvalue weighted by molar-refractivity contribution is 5.34. The molecule has 0 atom stereocenters. The molecule has 6 nitrogen and oxygen atoms in total. The Labute approximate surface area is 87.0 Å². The molecule has 0 radical (unpaired) electrons. The van der Waals surface area contributed by atoms with Crippen LogP contribution in [0.25, 0.3) is 0 Å². The van der Waals surface area contributed by atoms with Crippen LogP contribution < -0.4 is 11.1 Å². The number of hydrogen-bond donors (Lipinski definition) is 3. The van der Waals surface area contributed by atoms with E-state index in [2.05, 4.69) is 25.3 Å². The third kappa shape index (κ3) is 2.67. The Balaban J connectivity index is 1.83. The molecule has 2 rings (SSSR count). The lowest BCUT2D eigenvalue weighted by Gasteiger charge is -2.02. The van der Waals surface area contributed by atoms with Gasteiger partial charge in [-0.1, -0.05) is 0 Å². The van der Waals surface area contributed by atoms with E-state index in [0.29, 0.717) is 11.8 Å². The average molecular weight is 204 g/mol. The minimum Gasteiger partial charge on any atom is -0.384 e. The molecule has 0 saturated heterocycles. The Kier molecular flexibility index (Phi) is 2.77. The zero-order valence-electron chi connectivity index (χ0n) is 8.14. The summed E-state index contributed by atoms with van der Waals surface area (Å²) in [6.07, 6.45) is 5.95. The first kappa shape index (κ1) is 9.45. The molecule has 0 aliphatic rings. The smallest absolute Gasteiger partial charge is 0.224 e. The molecule has 0 aromatic carbocycles. The highest BCUT2D eigenvalue weighted by atomic mass is 15.1. The van der Waals surface area contributed by atoms with Crippen LogP contribution in [0.3, 0.4) is 0 Å². The van der Waals surface area contributed by atoms with E-state index in [4.69, 9.17) is 5.73 Å². The van der Waals surface area contributed by atoms with Gasteiger partial charge in [-0.3, -0.25) is 0 Å². The van der Waals surface area contributed by atoms with Crippen molar-refractivity contribution >= 4 is 11.8 Å². The zero-order chi connectivity index (χ0) is 10.5. The van der Waals surface area contributed by atoms with Gasteiger partial charge in [-0.05, 0) is 6.07 Å². The summed E-state index contributed by atoms with van der Waals surface area (Å²) in [7, 11) is 0. The van der Waals surface area contributed by atoms with Crippen molar-refractivity contribution in [3.05, 3.63) is 30.5 Å². The Morgan fingerprint density at radius 3 is 3.00 bits per heavy atom. The molecular formula is C9H12N6. The number of nitrogens with two attached hydrogens (primary N) is 1. The number of imidazole rings is 1. The fraction of sp³-hybridized carbons (Fsp3) is 0.222. The van der Waals surface area contributed by atoms with Crippen LogP contribution in [-0.4, -0.2) is 26.5 Å². The van der Waals surface area contributed by atoms with Gasteiger partial charge >= 0.3 is 0 Å². The summed E-state index contributed by atoms with van der Waals surface area (Å²) in [5.74, 6) is 1.94. The van der Waals surface area contributed by atoms with Crippen molar-refractivity contribution in [1.82, 2.24) is 19.9 Å². The SMILES string of the molecule is Nc1ccnc(NCCc2ncc[nH]2)n1. The first-order chi connectivity index (χ1) is 7.34. The summed E-state index contributed by atoms with van der Waals surface area (Å²) < 4.78 is 0. The number of H-pyrrole nitrogens is 1. The third-order valence-corrected chi connectivity index (χ3v) is 1.88. The van der Waals surface area contributed by atoms with Crippen LogP contribution in [0.5, 0.6) is 0 Å². The summed E-state index contributed by atoms with van der Waals surface area (Å²) in [5.41, 5.74) is 5.52. The van der Waals surface area contributed by atoms with Gasteiger partial charge in [-0.25, -0.2) is 9.97 Å². The number of hydrogen-bond acceptors (Lipinski definition) is 5. The van der Waals surface area contributed by atoms with Gasteiger partial charge in [0.1, 0.15) is 11.6 Å². The minimum atomic E-state index is 0.463. The Morgan fingerprint density at radius 1 is 1.33 bits per heavy atom. The molecule has 0 saturated carbocycles.